The summed E-state index contributed by atoms with van der Waals surface area (Å²) in [6.45, 7) is 6.27. The van der Waals surface area contributed by atoms with Gasteiger partial charge in [0.2, 0.25) is 0 Å². The molecule has 0 spiro atoms. The molecule has 1 saturated heterocycles. The highest BCUT2D eigenvalue weighted by Gasteiger charge is 2.31. The van der Waals surface area contributed by atoms with Gasteiger partial charge in [-0.05, 0) is 24.3 Å². The number of anilines is 1. The molecular formula is C15H23N3O. The van der Waals surface area contributed by atoms with Gasteiger partial charge in [-0.1, -0.05) is 20.3 Å². The maximum atomic E-state index is 12.5. The molecule has 1 fully saturated rings. The van der Waals surface area contributed by atoms with E-state index in [1.165, 1.54) is 6.42 Å². The molecule has 0 radical (unpaired) electrons. The SMILES string of the molecule is CCC1(C)CCN(C(=O)c2ccncc2NC)CC1. The molecule has 2 heterocycles. The molecule has 0 aliphatic carbocycles. The van der Waals surface area contributed by atoms with Gasteiger partial charge in [0.15, 0.2) is 0 Å². The summed E-state index contributed by atoms with van der Waals surface area (Å²) in [5, 5.41) is 3.03. The molecular weight excluding hydrogens is 238 g/mol. The molecule has 1 aromatic heterocycles. The lowest BCUT2D eigenvalue weighted by atomic mass is 9.78. The normalized spacial score (nSPS) is 18.2. The van der Waals surface area contributed by atoms with E-state index in [1.807, 2.05) is 11.9 Å². The van der Waals surface area contributed by atoms with E-state index >= 15 is 0 Å². The number of aromatic nitrogens is 1. The fourth-order valence-corrected chi connectivity index (χ4v) is 2.55. The van der Waals surface area contributed by atoms with Gasteiger partial charge in [0.05, 0.1) is 17.4 Å². The van der Waals surface area contributed by atoms with Crippen LogP contribution in [0.4, 0.5) is 5.69 Å². The highest BCUT2D eigenvalue weighted by molar-refractivity contribution is 5.99. The maximum Gasteiger partial charge on any atom is 0.256 e. The summed E-state index contributed by atoms with van der Waals surface area (Å²) in [6.07, 6.45) is 6.75. The summed E-state index contributed by atoms with van der Waals surface area (Å²) < 4.78 is 0. The summed E-state index contributed by atoms with van der Waals surface area (Å²) in [5.41, 5.74) is 1.93. The van der Waals surface area contributed by atoms with E-state index in [2.05, 4.69) is 24.1 Å². The molecule has 1 aliphatic rings. The predicted molar refractivity (Wildman–Crippen MR) is 77.3 cm³/mol. The molecule has 0 aromatic carbocycles. The van der Waals surface area contributed by atoms with E-state index in [4.69, 9.17) is 0 Å². The second kappa shape index (κ2) is 5.59. The molecule has 1 aromatic rings. The first-order valence-electron chi connectivity index (χ1n) is 7.01. The Morgan fingerprint density at radius 2 is 2.16 bits per heavy atom. The molecule has 4 nitrogen and oxygen atoms in total. The van der Waals surface area contributed by atoms with Crippen molar-refractivity contribution in [3.8, 4) is 0 Å². The van der Waals surface area contributed by atoms with Crippen molar-refractivity contribution in [1.29, 1.82) is 0 Å². The largest absolute Gasteiger partial charge is 0.386 e. The zero-order chi connectivity index (χ0) is 13.9. The topological polar surface area (TPSA) is 45.2 Å². The van der Waals surface area contributed by atoms with Gasteiger partial charge in [0, 0.05) is 26.3 Å². The Hall–Kier alpha value is -1.58. The number of carbonyl (C=O) groups is 1. The quantitative estimate of drug-likeness (QED) is 0.910. The lowest BCUT2D eigenvalue weighted by Crippen LogP contribution is -2.42. The molecule has 2 rings (SSSR count). The highest BCUT2D eigenvalue weighted by atomic mass is 16.2. The Morgan fingerprint density at radius 3 is 2.74 bits per heavy atom. The van der Waals surface area contributed by atoms with E-state index < -0.39 is 0 Å². The Morgan fingerprint density at radius 1 is 1.47 bits per heavy atom. The van der Waals surface area contributed by atoms with Crippen molar-refractivity contribution in [3.05, 3.63) is 24.0 Å². The zero-order valence-electron chi connectivity index (χ0n) is 12.1. The first-order valence-corrected chi connectivity index (χ1v) is 7.01. The van der Waals surface area contributed by atoms with Crippen LogP contribution in [0.15, 0.2) is 18.5 Å². The number of nitrogens with zero attached hydrogens (tertiary/aromatic N) is 2. The Bertz CT molecular complexity index is 450. The van der Waals surface area contributed by atoms with E-state index in [-0.39, 0.29) is 5.91 Å². The fraction of sp³-hybridized carbons (Fsp3) is 0.600. The molecule has 104 valence electrons. The predicted octanol–water partition coefficient (Wildman–Crippen LogP) is 2.78. The summed E-state index contributed by atoms with van der Waals surface area (Å²) in [5.74, 6) is 0.116. The highest BCUT2D eigenvalue weighted by Crippen LogP contribution is 2.34. The van der Waals surface area contributed by atoms with Gasteiger partial charge in [-0.2, -0.15) is 0 Å². The Kier molecular flexibility index (Phi) is 4.08. The van der Waals surface area contributed by atoms with Crippen LogP contribution in [0.1, 0.15) is 43.5 Å². The number of pyridine rings is 1. The minimum Gasteiger partial charge on any atom is -0.386 e. The van der Waals surface area contributed by atoms with Crippen LogP contribution in [0.25, 0.3) is 0 Å². The van der Waals surface area contributed by atoms with Crippen molar-refractivity contribution in [2.75, 3.05) is 25.5 Å². The van der Waals surface area contributed by atoms with Gasteiger partial charge in [-0.25, -0.2) is 0 Å². The van der Waals surface area contributed by atoms with Gasteiger partial charge in [-0.3, -0.25) is 9.78 Å². The number of hydrogen-bond acceptors (Lipinski definition) is 3. The second-order valence-electron chi connectivity index (χ2n) is 5.63. The average Bonchev–Trinajstić information content (AvgIpc) is 2.47. The van der Waals surface area contributed by atoms with Crippen LogP contribution in [-0.2, 0) is 0 Å². The Labute approximate surface area is 115 Å². The first-order chi connectivity index (χ1) is 9.09. The van der Waals surface area contributed by atoms with Crippen molar-refractivity contribution < 1.29 is 4.79 Å². The van der Waals surface area contributed by atoms with Crippen LogP contribution < -0.4 is 5.32 Å². The standard InChI is InChI=1S/C15H23N3O/c1-4-15(2)6-9-18(10-7-15)14(19)12-5-8-17-11-13(12)16-3/h5,8,11,16H,4,6-7,9-10H2,1-3H3. The van der Waals surface area contributed by atoms with Crippen LogP contribution in [0, 0.1) is 5.41 Å². The maximum absolute atomic E-state index is 12.5. The number of likely N-dealkylation sites (tertiary alicyclic amines) is 1. The minimum atomic E-state index is 0.116. The average molecular weight is 261 g/mol. The molecule has 19 heavy (non-hydrogen) atoms. The van der Waals surface area contributed by atoms with Gasteiger partial charge in [-0.15, -0.1) is 0 Å². The summed E-state index contributed by atoms with van der Waals surface area (Å²) in [7, 11) is 1.82. The van der Waals surface area contributed by atoms with E-state index in [1.54, 1.807) is 18.5 Å². The fourth-order valence-electron chi connectivity index (χ4n) is 2.55. The van der Waals surface area contributed by atoms with Crippen molar-refractivity contribution in [2.45, 2.75) is 33.1 Å². The third-order valence-corrected chi connectivity index (χ3v) is 4.43. The summed E-state index contributed by atoms with van der Waals surface area (Å²) in [6, 6.07) is 1.79. The minimum absolute atomic E-state index is 0.116. The van der Waals surface area contributed by atoms with Crippen LogP contribution >= 0.6 is 0 Å². The monoisotopic (exact) mass is 261 g/mol. The van der Waals surface area contributed by atoms with Crippen LogP contribution in [-0.4, -0.2) is 35.9 Å². The van der Waals surface area contributed by atoms with Gasteiger partial charge >= 0.3 is 0 Å². The number of carbonyl (C=O) groups excluding carboxylic acids is 1. The summed E-state index contributed by atoms with van der Waals surface area (Å²) >= 11 is 0. The van der Waals surface area contributed by atoms with Crippen molar-refractivity contribution >= 4 is 11.6 Å². The van der Waals surface area contributed by atoms with E-state index in [0.29, 0.717) is 5.41 Å². The number of piperidine rings is 1. The van der Waals surface area contributed by atoms with Crippen molar-refractivity contribution in [3.63, 3.8) is 0 Å². The molecule has 0 bridgehead atoms. The number of hydrogen-bond donors (Lipinski definition) is 1. The molecule has 0 atom stereocenters. The zero-order valence-corrected chi connectivity index (χ0v) is 12.1. The molecule has 1 N–H and O–H groups in total. The van der Waals surface area contributed by atoms with Crippen LogP contribution in [0.2, 0.25) is 0 Å². The van der Waals surface area contributed by atoms with E-state index in [0.717, 1.165) is 37.2 Å². The van der Waals surface area contributed by atoms with E-state index in [9.17, 15) is 4.79 Å². The van der Waals surface area contributed by atoms with Gasteiger partial charge in [0.1, 0.15) is 0 Å². The number of nitrogens with one attached hydrogen (secondary N) is 1. The second-order valence-corrected chi connectivity index (χ2v) is 5.63. The molecule has 1 aliphatic heterocycles. The van der Waals surface area contributed by atoms with Crippen molar-refractivity contribution in [2.24, 2.45) is 5.41 Å². The van der Waals surface area contributed by atoms with Gasteiger partial charge in [0.25, 0.3) is 5.91 Å². The van der Waals surface area contributed by atoms with Crippen LogP contribution in [0.3, 0.4) is 0 Å². The first kappa shape index (κ1) is 13.8. The molecule has 0 saturated carbocycles. The van der Waals surface area contributed by atoms with Gasteiger partial charge < -0.3 is 10.2 Å². The third kappa shape index (κ3) is 2.88. The lowest BCUT2D eigenvalue weighted by molar-refractivity contribution is 0.0601. The molecule has 1 amide bonds. The molecule has 0 unspecified atom stereocenters. The number of rotatable bonds is 3. The number of amides is 1. The molecule has 4 heteroatoms. The Balaban J connectivity index is 2.09. The third-order valence-electron chi connectivity index (χ3n) is 4.43. The van der Waals surface area contributed by atoms with Crippen molar-refractivity contribution in [1.82, 2.24) is 9.88 Å². The smallest absolute Gasteiger partial charge is 0.256 e. The summed E-state index contributed by atoms with van der Waals surface area (Å²) in [4.78, 5) is 18.5. The van der Waals surface area contributed by atoms with Crippen LogP contribution in [0.5, 0.6) is 0 Å². The lowest BCUT2D eigenvalue weighted by Gasteiger charge is -2.39.